The molecule has 0 saturated carbocycles. The SMILES string of the molecule is COC(=O)/C=C/CCCC(O)C#C[C@@H]1OC(C)(C)O[C@@]12CCCC=C2Br. The Balaban J connectivity index is 1.94. The Hall–Kier alpha value is -1.13. The van der Waals surface area contributed by atoms with Crippen LogP contribution in [0.3, 0.4) is 0 Å². The van der Waals surface area contributed by atoms with Gasteiger partial charge in [-0.15, -0.1) is 0 Å². The lowest BCUT2D eigenvalue weighted by Gasteiger charge is -2.33. The first-order chi connectivity index (χ1) is 12.3. The highest BCUT2D eigenvalue weighted by molar-refractivity contribution is 9.11. The molecular weight excluding hydrogens is 400 g/mol. The number of ether oxygens (including phenoxy) is 3. The van der Waals surface area contributed by atoms with Gasteiger partial charge in [0.05, 0.1) is 7.11 Å². The fourth-order valence-electron chi connectivity index (χ4n) is 3.20. The maximum atomic E-state index is 11.0. The van der Waals surface area contributed by atoms with E-state index in [0.29, 0.717) is 12.8 Å². The number of unbranched alkanes of at least 4 members (excludes halogenated alkanes) is 1. The second-order valence-corrected chi connectivity index (χ2v) is 7.85. The summed E-state index contributed by atoms with van der Waals surface area (Å²) in [7, 11) is 1.34. The normalized spacial score (nSPS) is 28.5. The summed E-state index contributed by atoms with van der Waals surface area (Å²) in [5.74, 6) is 4.90. The molecule has 0 radical (unpaired) electrons. The van der Waals surface area contributed by atoms with Crippen LogP contribution in [0.5, 0.6) is 0 Å². The number of aliphatic hydroxyl groups excluding tert-OH is 1. The summed E-state index contributed by atoms with van der Waals surface area (Å²) in [6.45, 7) is 3.77. The lowest BCUT2D eigenvalue weighted by Crippen LogP contribution is -2.41. The van der Waals surface area contributed by atoms with Crippen LogP contribution in [0.25, 0.3) is 0 Å². The highest BCUT2D eigenvalue weighted by Crippen LogP contribution is 2.48. The van der Waals surface area contributed by atoms with E-state index in [2.05, 4.69) is 38.6 Å². The van der Waals surface area contributed by atoms with E-state index in [0.717, 1.165) is 30.2 Å². The van der Waals surface area contributed by atoms with Gasteiger partial charge in [-0.2, -0.15) is 0 Å². The van der Waals surface area contributed by atoms with E-state index in [1.165, 1.54) is 13.2 Å². The van der Waals surface area contributed by atoms with Gasteiger partial charge in [-0.25, -0.2) is 4.79 Å². The molecule has 144 valence electrons. The maximum absolute atomic E-state index is 11.0. The van der Waals surface area contributed by atoms with Crippen LogP contribution < -0.4 is 0 Å². The fourth-order valence-corrected chi connectivity index (χ4v) is 3.92. The Morgan fingerprint density at radius 2 is 2.35 bits per heavy atom. The predicted molar refractivity (Wildman–Crippen MR) is 102 cm³/mol. The van der Waals surface area contributed by atoms with Crippen LogP contribution in [0.15, 0.2) is 22.7 Å². The molecule has 0 amide bonds. The molecular formula is C20H27BrO5. The lowest BCUT2D eigenvalue weighted by atomic mass is 9.86. The molecule has 1 saturated heterocycles. The second kappa shape index (κ2) is 9.18. The number of allylic oxidation sites excluding steroid dienone is 2. The number of rotatable bonds is 5. The highest BCUT2D eigenvalue weighted by atomic mass is 79.9. The Morgan fingerprint density at radius 3 is 3.04 bits per heavy atom. The quantitative estimate of drug-likeness (QED) is 0.314. The summed E-state index contributed by atoms with van der Waals surface area (Å²) in [5, 5.41) is 10.1. The molecule has 2 rings (SSSR count). The van der Waals surface area contributed by atoms with Crippen molar-refractivity contribution in [3.63, 3.8) is 0 Å². The van der Waals surface area contributed by atoms with Crippen molar-refractivity contribution in [1.29, 1.82) is 0 Å². The molecule has 5 nitrogen and oxygen atoms in total. The van der Waals surface area contributed by atoms with Crippen LogP contribution in [0.1, 0.15) is 52.4 Å². The molecule has 1 unspecified atom stereocenters. The van der Waals surface area contributed by atoms with Crippen molar-refractivity contribution in [2.75, 3.05) is 7.11 Å². The number of hydrogen-bond acceptors (Lipinski definition) is 5. The molecule has 0 bridgehead atoms. The maximum Gasteiger partial charge on any atom is 0.330 e. The minimum atomic E-state index is -0.739. The largest absolute Gasteiger partial charge is 0.466 e. The molecule has 1 spiro atoms. The van der Waals surface area contributed by atoms with Crippen LogP contribution in [0, 0.1) is 11.8 Å². The Labute approximate surface area is 163 Å². The molecule has 26 heavy (non-hydrogen) atoms. The Bertz CT molecular complexity index is 628. The van der Waals surface area contributed by atoms with Crippen molar-refractivity contribution >= 4 is 21.9 Å². The van der Waals surface area contributed by atoms with Gasteiger partial charge in [-0.3, -0.25) is 0 Å². The average Bonchev–Trinajstić information content (AvgIpc) is 2.86. The average molecular weight is 427 g/mol. The zero-order valence-electron chi connectivity index (χ0n) is 15.6. The van der Waals surface area contributed by atoms with Crippen molar-refractivity contribution in [3.8, 4) is 11.8 Å². The third-order valence-corrected chi connectivity index (χ3v) is 5.41. The number of hydrogen-bond donors (Lipinski definition) is 1. The fraction of sp³-hybridized carbons (Fsp3) is 0.650. The van der Waals surface area contributed by atoms with Crippen LogP contribution in [-0.4, -0.2) is 41.8 Å². The van der Waals surface area contributed by atoms with Crippen molar-refractivity contribution in [3.05, 3.63) is 22.7 Å². The summed E-state index contributed by atoms with van der Waals surface area (Å²) in [4.78, 5) is 11.0. The number of aliphatic hydroxyl groups is 1. The van der Waals surface area contributed by atoms with Crippen molar-refractivity contribution in [2.45, 2.75) is 76.0 Å². The molecule has 1 N–H and O–H groups in total. The molecule has 0 aromatic heterocycles. The third-order valence-electron chi connectivity index (χ3n) is 4.42. The van der Waals surface area contributed by atoms with Crippen molar-refractivity contribution in [1.82, 2.24) is 0 Å². The van der Waals surface area contributed by atoms with Crippen molar-refractivity contribution < 1.29 is 24.1 Å². The van der Waals surface area contributed by atoms with Crippen LogP contribution >= 0.6 is 15.9 Å². The molecule has 1 heterocycles. The van der Waals surface area contributed by atoms with Gasteiger partial charge < -0.3 is 19.3 Å². The number of carbonyl (C=O) groups is 1. The van der Waals surface area contributed by atoms with Gasteiger partial charge in [0.2, 0.25) is 0 Å². The molecule has 6 heteroatoms. The van der Waals surface area contributed by atoms with Gasteiger partial charge in [0, 0.05) is 10.6 Å². The van der Waals surface area contributed by atoms with E-state index >= 15 is 0 Å². The molecule has 1 aliphatic carbocycles. The topological polar surface area (TPSA) is 65.0 Å². The van der Waals surface area contributed by atoms with Crippen molar-refractivity contribution in [2.24, 2.45) is 0 Å². The molecule has 0 aromatic rings. The van der Waals surface area contributed by atoms with E-state index < -0.39 is 23.6 Å². The summed E-state index contributed by atoms with van der Waals surface area (Å²) in [6.07, 6.45) is 8.88. The summed E-state index contributed by atoms with van der Waals surface area (Å²) in [5.41, 5.74) is -0.586. The molecule has 0 aromatic carbocycles. The van der Waals surface area contributed by atoms with E-state index in [-0.39, 0.29) is 5.97 Å². The van der Waals surface area contributed by atoms with E-state index in [1.807, 2.05) is 13.8 Å². The van der Waals surface area contributed by atoms with Crippen LogP contribution in [0.2, 0.25) is 0 Å². The highest BCUT2D eigenvalue weighted by Gasteiger charge is 2.54. The standard InChI is InChI=1S/C20H27BrO5/c1-19(2)25-17(20(26-19)14-8-7-10-16(20)21)13-12-15(22)9-5-4-6-11-18(23)24-3/h6,10-11,15,17,22H,4-5,7-9,14H2,1-3H3/b11-6+/t15?,17-,20+/m0/s1. The van der Waals surface area contributed by atoms with Crippen LogP contribution in [-0.2, 0) is 19.0 Å². The summed E-state index contributed by atoms with van der Waals surface area (Å²) < 4.78 is 17.7. The van der Waals surface area contributed by atoms with E-state index in [1.54, 1.807) is 6.08 Å². The first kappa shape index (κ1) is 21.2. The monoisotopic (exact) mass is 426 g/mol. The minimum absolute atomic E-state index is 0.372. The van der Waals surface area contributed by atoms with E-state index in [4.69, 9.17) is 9.47 Å². The minimum Gasteiger partial charge on any atom is -0.466 e. The van der Waals surface area contributed by atoms with Crippen LogP contribution in [0.4, 0.5) is 0 Å². The smallest absolute Gasteiger partial charge is 0.330 e. The van der Waals surface area contributed by atoms with Gasteiger partial charge >= 0.3 is 5.97 Å². The number of methoxy groups -OCH3 is 1. The lowest BCUT2D eigenvalue weighted by molar-refractivity contribution is -0.155. The third kappa shape index (κ3) is 5.43. The molecule has 3 atom stereocenters. The summed E-state index contributed by atoms with van der Waals surface area (Å²) >= 11 is 3.63. The zero-order chi connectivity index (χ0) is 19.2. The molecule has 1 aliphatic heterocycles. The Morgan fingerprint density at radius 1 is 1.58 bits per heavy atom. The van der Waals surface area contributed by atoms with Gasteiger partial charge in [-0.1, -0.05) is 39.9 Å². The zero-order valence-corrected chi connectivity index (χ0v) is 17.2. The first-order valence-electron chi connectivity index (χ1n) is 8.97. The van der Waals surface area contributed by atoms with Gasteiger partial charge in [-0.05, 0) is 52.4 Å². The number of esters is 1. The second-order valence-electron chi connectivity index (χ2n) is 6.99. The van der Waals surface area contributed by atoms with Gasteiger partial charge in [0.15, 0.2) is 11.9 Å². The van der Waals surface area contributed by atoms with E-state index in [9.17, 15) is 9.90 Å². The molecule has 1 fully saturated rings. The Kier molecular flexibility index (Phi) is 7.48. The van der Waals surface area contributed by atoms with Gasteiger partial charge in [0.1, 0.15) is 11.7 Å². The predicted octanol–water partition coefficient (Wildman–Crippen LogP) is 3.60. The molecule has 2 aliphatic rings. The number of carbonyl (C=O) groups excluding carboxylic acids is 1. The van der Waals surface area contributed by atoms with Gasteiger partial charge in [0.25, 0.3) is 0 Å². The first-order valence-corrected chi connectivity index (χ1v) is 9.76. The summed E-state index contributed by atoms with van der Waals surface area (Å²) in [6, 6.07) is 0. The number of halogens is 1.